The average Bonchev–Trinajstić information content (AvgIpc) is 2.72. The molecule has 0 radical (unpaired) electrons. The van der Waals surface area contributed by atoms with Crippen molar-refractivity contribution in [2.75, 3.05) is 18.5 Å². The van der Waals surface area contributed by atoms with Crippen LogP contribution in [-0.2, 0) is 16.0 Å². The Bertz CT molecular complexity index is 1040. The van der Waals surface area contributed by atoms with E-state index in [2.05, 4.69) is 5.32 Å². The van der Waals surface area contributed by atoms with Crippen LogP contribution in [0.25, 0.3) is 0 Å². The lowest BCUT2D eigenvalue weighted by molar-refractivity contribution is 0.0513. The lowest BCUT2D eigenvalue weighted by atomic mass is 10.1. The molecule has 0 aliphatic heterocycles. The maximum absolute atomic E-state index is 12.9. The van der Waals surface area contributed by atoms with Gasteiger partial charge >= 0.3 is 11.9 Å². The zero-order chi connectivity index (χ0) is 23.1. The summed E-state index contributed by atoms with van der Waals surface area (Å²) in [5, 5.41) is 13.1. The fraction of sp³-hybridized carbons (Fsp3) is 0.364. The molecule has 2 aromatic rings. The highest BCUT2D eigenvalue weighted by Crippen LogP contribution is 2.25. The van der Waals surface area contributed by atoms with Crippen molar-refractivity contribution in [2.24, 2.45) is 0 Å². The molecule has 9 heteroatoms. The van der Waals surface area contributed by atoms with Crippen LogP contribution in [0, 0.1) is 6.92 Å². The van der Waals surface area contributed by atoms with E-state index in [1.165, 1.54) is 35.8 Å². The highest BCUT2D eigenvalue weighted by atomic mass is 16.5. The monoisotopic (exact) mass is 430 g/mol. The standard InChI is InChI=1S/C22H26N2O7/c1-5-12-24-13(4)16(22(29)31-7-3)18(25)17(20(24)27)19(26)23-15-10-8-14(9-11-15)21(28)30-6-2/h8-11,25H,5-7,12H2,1-4H3,(H,23,26). The van der Waals surface area contributed by atoms with Crippen LogP contribution in [0.1, 0.15) is 64.0 Å². The molecule has 2 rings (SSSR count). The molecule has 1 amide bonds. The van der Waals surface area contributed by atoms with Crippen molar-refractivity contribution in [2.45, 2.75) is 40.7 Å². The van der Waals surface area contributed by atoms with Crippen LogP contribution in [0.15, 0.2) is 29.1 Å². The first kappa shape index (κ1) is 23.7. The van der Waals surface area contributed by atoms with E-state index in [1.54, 1.807) is 13.8 Å². The molecule has 0 aliphatic carbocycles. The van der Waals surface area contributed by atoms with Gasteiger partial charge in [0.05, 0.1) is 18.8 Å². The molecule has 166 valence electrons. The van der Waals surface area contributed by atoms with Crippen LogP contribution >= 0.6 is 0 Å². The van der Waals surface area contributed by atoms with E-state index in [0.717, 1.165) is 0 Å². The maximum Gasteiger partial charge on any atom is 0.343 e. The maximum atomic E-state index is 12.9. The van der Waals surface area contributed by atoms with E-state index in [9.17, 15) is 24.3 Å². The summed E-state index contributed by atoms with van der Waals surface area (Å²) in [4.78, 5) is 49.9. The van der Waals surface area contributed by atoms with E-state index >= 15 is 0 Å². The fourth-order valence-corrected chi connectivity index (χ4v) is 3.06. The molecule has 0 atom stereocenters. The summed E-state index contributed by atoms with van der Waals surface area (Å²) in [7, 11) is 0. The number of hydrogen-bond donors (Lipinski definition) is 2. The number of rotatable bonds is 8. The van der Waals surface area contributed by atoms with Gasteiger partial charge in [-0.05, 0) is 51.5 Å². The summed E-state index contributed by atoms with van der Waals surface area (Å²) in [6.45, 7) is 7.21. The lowest BCUT2D eigenvalue weighted by Crippen LogP contribution is -2.33. The van der Waals surface area contributed by atoms with Gasteiger partial charge in [-0.25, -0.2) is 9.59 Å². The summed E-state index contributed by atoms with van der Waals surface area (Å²) in [5.41, 5.74) is -0.692. The second-order valence-corrected chi connectivity index (χ2v) is 6.61. The third-order valence-corrected chi connectivity index (χ3v) is 4.51. The minimum Gasteiger partial charge on any atom is -0.506 e. The number of ether oxygens (including phenoxy) is 2. The summed E-state index contributed by atoms with van der Waals surface area (Å²) >= 11 is 0. The number of carbonyl (C=O) groups excluding carboxylic acids is 3. The van der Waals surface area contributed by atoms with Gasteiger partial charge in [-0.1, -0.05) is 6.92 Å². The van der Waals surface area contributed by atoms with Crippen LogP contribution in [-0.4, -0.2) is 40.7 Å². The number of benzene rings is 1. The van der Waals surface area contributed by atoms with E-state index in [1.807, 2.05) is 6.92 Å². The van der Waals surface area contributed by atoms with Crippen molar-refractivity contribution in [3.05, 3.63) is 57.0 Å². The molecule has 0 spiro atoms. The Morgan fingerprint density at radius 1 is 0.968 bits per heavy atom. The number of anilines is 1. The van der Waals surface area contributed by atoms with Gasteiger partial charge in [-0.3, -0.25) is 9.59 Å². The number of aromatic nitrogens is 1. The summed E-state index contributed by atoms with van der Waals surface area (Å²) in [6.07, 6.45) is 0.574. The number of nitrogens with zero attached hydrogens (tertiary/aromatic N) is 1. The van der Waals surface area contributed by atoms with Crippen molar-refractivity contribution in [1.82, 2.24) is 4.57 Å². The first-order valence-electron chi connectivity index (χ1n) is 9.98. The molecule has 2 N–H and O–H groups in total. The number of pyridine rings is 1. The average molecular weight is 430 g/mol. The summed E-state index contributed by atoms with van der Waals surface area (Å²) in [5.74, 6) is -2.94. The molecule has 0 unspecified atom stereocenters. The van der Waals surface area contributed by atoms with Gasteiger partial charge in [0, 0.05) is 17.9 Å². The summed E-state index contributed by atoms with van der Waals surface area (Å²) in [6, 6.07) is 5.85. The molecule has 31 heavy (non-hydrogen) atoms. The minimum absolute atomic E-state index is 0.0684. The Hall–Kier alpha value is -3.62. The predicted molar refractivity (Wildman–Crippen MR) is 114 cm³/mol. The van der Waals surface area contributed by atoms with E-state index in [0.29, 0.717) is 12.0 Å². The Balaban J connectivity index is 2.46. The van der Waals surface area contributed by atoms with E-state index in [4.69, 9.17) is 9.47 Å². The smallest absolute Gasteiger partial charge is 0.343 e. The first-order chi connectivity index (χ1) is 14.8. The highest BCUT2D eigenvalue weighted by molar-refractivity contribution is 6.08. The van der Waals surface area contributed by atoms with E-state index < -0.39 is 34.7 Å². The molecule has 0 aliphatic rings. The zero-order valence-corrected chi connectivity index (χ0v) is 18.0. The van der Waals surface area contributed by atoms with Gasteiger partial charge in [0.2, 0.25) is 0 Å². The van der Waals surface area contributed by atoms with Gasteiger partial charge in [-0.15, -0.1) is 0 Å². The zero-order valence-electron chi connectivity index (χ0n) is 18.0. The Kier molecular flexibility index (Phi) is 7.95. The normalized spacial score (nSPS) is 10.5. The topological polar surface area (TPSA) is 124 Å². The van der Waals surface area contributed by atoms with Crippen LogP contribution in [0.3, 0.4) is 0 Å². The molecule has 0 saturated heterocycles. The minimum atomic E-state index is -0.887. The van der Waals surface area contributed by atoms with Crippen molar-refractivity contribution < 1.29 is 29.0 Å². The van der Waals surface area contributed by atoms with Crippen molar-refractivity contribution >= 4 is 23.5 Å². The molecule has 0 fully saturated rings. The van der Waals surface area contributed by atoms with Crippen LogP contribution in [0.4, 0.5) is 5.69 Å². The number of aromatic hydroxyl groups is 1. The molecule has 1 aromatic heterocycles. The Labute approximate surface area is 179 Å². The quantitative estimate of drug-likeness (QED) is 0.617. The highest BCUT2D eigenvalue weighted by Gasteiger charge is 2.28. The number of carbonyl (C=O) groups is 3. The van der Waals surface area contributed by atoms with Gasteiger partial charge < -0.3 is 24.5 Å². The SMILES string of the molecule is CCCn1c(C)c(C(=O)OCC)c(O)c(C(=O)Nc2ccc(C(=O)OCC)cc2)c1=O. The molecule has 0 bridgehead atoms. The second kappa shape index (κ2) is 10.4. The van der Waals surface area contributed by atoms with Crippen molar-refractivity contribution in [3.8, 4) is 5.75 Å². The first-order valence-corrected chi connectivity index (χ1v) is 9.98. The van der Waals surface area contributed by atoms with Crippen molar-refractivity contribution in [1.29, 1.82) is 0 Å². The lowest BCUT2D eigenvalue weighted by Gasteiger charge is -2.17. The number of nitrogens with one attached hydrogen (secondary N) is 1. The summed E-state index contributed by atoms with van der Waals surface area (Å²) < 4.78 is 11.2. The van der Waals surface area contributed by atoms with Crippen molar-refractivity contribution in [3.63, 3.8) is 0 Å². The largest absolute Gasteiger partial charge is 0.506 e. The van der Waals surface area contributed by atoms with Crippen LogP contribution in [0.2, 0.25) is 0 Å². The second-order valence-electron chi connectivity index (χ2n) is 6.61. The number of amides is 1. The van der Waals surface area contributed by atoms with Gasteiger partial charge in [0.15, 0.2) is 0 Å². The molecule has 0 saturated carbocycles. The fourth-order valence-electron chi connectivity index (χ4n) is 3.06. The van der Waals surface area contributed by atoms with Gasteiger partial charge in [0.25, 0.3) is 11.5 Å². The molecule has 1 heterocycles. The van der Waals surface area contributed by atoms with E-state index in [-0.39, 0.29) is 36.7 Å². The Morgan fingerprint density at radius 3 is 2.10 bits per heavy atom. The van der Waals surface area contributed by atoms with Crippen LogP contribution < -0.4 is 10.9 Å². The number of esters is 2. The van der Waals surface area contributed by atoms with Gasteiger partial charge in [-0.2, -0.15) is 0 Å². The third-order valence-electron chi connectivity index (χ3n) is 4.51. The Morgan fingerprint density at radius 2 is 1.55 bits per heavy atom. The molecule has 9 nitrogen and oxygen atoms in total. The molecule has 1 aromatic carbocycles. The molecular weight excluding hydrogens is 404 g/mol. The predicted octanol–water partition coefficient (Wildman–Crippen LogP) is 2.88. The molecular formula is C22H26N2O7. The number of hydrogen-bond acceptors (Lipinski definition) is 7. The van der Waals surface area contributed by atoms with Crippen LogP contribution in [0.5, 0.6) is 5.75 Å². The third kappa shape index (κ3) is 5.11. The van der Waals surface area contributed by atoms with Gasteiger partial charge in [0.1, 0.15) is 16.9 Å².